The van der Waals surface area contributed by atoms with Crippen LogP contribution < -0.4 is 5.32 Å². The SMILES string of the molecule is CCNC(c1ccc(C(F)(F)F)cn1)C1CCC1. The largest absolute Gasteiger partial charge is 0.417 e. The van der Waals surface area contributed by atoms with Crippen LogP contribution in [0.2, 0.25) is 0 Å². The van der Waals surface area contributed by atoms with E-state index in [1.54, 1.807) is 0 Å². The quantitative estimate of drug-likeness (QED) is 0.893. The van der Waals surface area contributed by atoms with Crippen LogP contribution >= 0.6 is 0 Å². The lowest BCUT2D eigenvalue weighted by atomic mass is 9.78. The Morgan fingerprint density at radius 1 is 1.39 bits per heavy atom. The van der Waals surface area contributed by atoms with E-state index in [9.17, 15) is 13.2 Å². The van der Waals surface area contributed by atoms with Crippen LogP contribution in [0.15, 0.2) is 18.3 Å². The molecule has 2 nitrogen and oxygen atoms in total. The summed E-state index contributed by atoms with van der Waals surface area (Å²) in [5.41, 5.74) is 0.0321. The Labute approximate surface area is 105 Å². The fraction of sp³-hybridized carbons (Fsp3) is 0.615. The molecule has 0 saturated heterocycles. The lowest BCUT2D eigenvalue weighted by molar-refractivity contribution is -0.137. The number of aromatic nitrogens is 1. The molecule has 0 bridgehead atoms. The van der Waals surface area contributed by atoms with Crippen molar-refractivity contribution in [2.75, 3.05) is 6.54 Å². The van der Waals surface area contributed by atoms with Crippen molar-refractivity contribution in [3.05, 3.63) is 29.6 Å². The number of alkyl halides is 3. The van der Waals surface area contributed by atoms with Gasteiger partial charge in [-0.2, -0.15) is 13.2 Å². The molecule has 0 spiro atoms. The summed E-state index contributed by atoms with van der Waals surface area (Å²) in [4.78, 5) is 3.98. The topological polar surface area (TPSA) is 24.9 Å². The molecule has 0 aromatic carbocycles. The van der Waals surface area contributed by atoms with E-state index in [1.165, 1.54) is 12.5 Å². The highest BCUT2D eigenvalue weighted by atomic mass is 19.4. The molecular formula is C13H17F3N2. The number of halogens is 3. The third-order valence-corrected chi connectivity index (χ3v) is 3.48. The second kappa shape index (κ2) is 5.26. The van der Waals surface area contributed by atoms with E-state index in [0.717, 1.165) is 37.3 Å². The van der Waals surface area contributed by atoms with Crippen LogP contribution in [0.25, 0.3) is 0 Å². The number of nitrogens with zero attached hydrogens (tertiary/aromatic N) is 1. The highest BCUT2D eigenvalue weighted by Crippen LogP contribution is 2.37. The summed E-state index contributed by atoms with van der Waals surface area (Å²) in [6.45, 7) is 2.79. The number of rotatable bonds is 4. The van der Waals surface area contributed by atoms with E-state index >= 15 is 0 Å². The zero-order chi connectivity index (χ0) is 13.2. The maximum atomic E-state index is 12.4. The molecule has 18 heavy (non-hydrogen) atoms. The first-order valence-electron chi connectivity index (χ1n) is 6.29. The summed E-state index contributed by atoms with van der Waals surface area (Å²) in [5.74, 6) is 0.509. The van der Waals surface area contributed by atoms with Crippen molar-refractivity contribution in [2.45, 2.75) is 38.4 Å². The average molecular weight is 258 g/mol. The zero-order valence-electron chi connectivity index (χ0n) is 10.3. The van der Waals surface area contributed by atoms with Crippen molar-refractivity contribution in [1.29, 1.82) is 0 Å². The first-order chi connectivity index (χ1) is 8.52. The summed E-state index contributed by atoms with van der Waals surface area (Å²) >= 11 is 0. The predicted octanol–water partition coefficient (Wildman–Crippen LogP) is 3.55. The number of pyridine rings is 1. The first kappa shape index (κ1) is 13.3. The molecule has 1 atom stereocenters. The van der Waals surface area contributed by atoms with E-state index < -0.39 is 11.7 Å². The van der Waals surface area contributed by atoms with Crippen molar-refractivity contribution in [2.24, 2.45) is 5.92 Å². The molecule has 0 aliphatic heterocycles. The van der Waals surface area contributed by atoms with Crippen molar-refractivity contribution in [1.82, 2.24) is 10.3 Å². The van der Waals surface area contributed by atoms with Gasteiger partial charge in [0.15, 0.2) is 0 Å². The first-order valence-corrected chi connectivity index (χ1v) is 6.29. The number of hydrogen-bond acceptors (Lipinski definition) is 2. The molecule has 0 radical (unpaired) electrons. The highest BCUT2D eigenvalue weighted by Gasteiger charge is 2.32. The van der Waals surface area contributed by atoms with Gasteiger partial charge in [-0.25, -0.2) is 0 Å². The minimum atomic E-state index is -4.31. The summed E-state index contributed by atoms with van der Waals surface area (Å²) in [5, 5.41) is 3.32. The minimum Gasteiger partial charge on any atom is -0.309 e. The summed E-state index contributed by atoms with van der Waals surface area (Å²) < 4.78 is 37.3. The molecule has 100 valence electrons. The molecule has 1 heterocycles. The standard InChI is InChI=1S/C13H17F3N2/c1-2-17-12(9-4-3-5-9)11-7-6-10(8-18-11)13(14,15)16/h6-9,12,17H,2-5H2,1H3. The second-order valence-electron chi connectivity index (χ2n) is 4.70. The van der Waals surface area contributed by atoms with Gasteiger partial charge in [0.05, 0.1) is 17.3 Å². The predicted molar refractivity (Wildman–Crippen MR) is 63.0 cm³/mol. The summed E-state index contributed by atoms with van der Waals surface area (Å²) in [7, 11) is 0. The molecular weight excluding hydrogens is 241 g/mol. The highest BCUT2D eigenvalue weighted by molar-refractivity contribution is 5.19. The fourth-order valence-corrected chi connectivity index (χ4v) is 2.26. The molecule has 1 saturated carbocycles. The third-order valence-electron chi connectivity index (χ3n) is 3.48. The van der Waals surface area contributed by atoms with Gasteiger partial charge in [0.25, 0.3) is 0 Å². The molecule has 5 heteroatoms. The molecule has 1 unspecified atom stereocenters. The van der Waals surface area contributed by atoms with E-state index in [2.05, 4.69) is 10.3 Å². The maximum absolute atomic E-state index is 12.4. The van der Waals surface area contributed by atoms with Crippen molar-refractivity contribution >= 4 is 0 Å². The third kappa shape index (κ3) is 2.83. The normalized spacial score (nSPS) is 18.4. The Morgan fingerprint density at radius 3 is 2.50 bits per heavy atom. The Bertz CT molecular complexity index is 382. The Kier molecular flexibility index (Phi) is 3.90. The fourth-order valence-electron chi connectivity index (χ4n) is 2.26. The molecule has 1 aromatic heterocycles. The monoisotopic (exact) mass is 258 g/mol. The minimum absolute atomic E-state index is 0.0889. The van der Waals surface area contributed by atoms with Crippen molar-refractivity contribution in [3.8, 4) is 0 Å². The van der Waals surface area contributed by atoms with E-state index in [0.29, 0.717) is 5.92 Å². The molecule has 1 N–H and O–H groups in total. The van der Waals surface area contributed by atoms with Crippen LogP contribution in [0.1, 0.15) is 43.5 Å². The van der Waals surface area contributed by atoms with Gasteiger partial charge in [0.2, 0.25) is 0 Å². The van der Waals surface area contributed by atoms with Crippen LogP contribution in [0.5, 0.6) is 0 Å². The van der Waals surface area contributed by atoms with E-state index in [1.807, 2.05) is 6.92 Å². The van der Waals surface area contributed by atoms with Crippen LogP contribution in [-0.4, -0.2) is 11.5 Å². The van der Waals surface area contributed by atoms with Crippen LogP contribution in [0.3, 0.4) is 0 Å². The van der Waals surface area contributed by atoms with Gasteiger partial charge < -0.3 is 5.32 Å². The van der Waals surface area contributed by atoms with Gasteiger partial charge in [0.1, 0.15) is 0 Å². The lowest BCUT2D eigenvalue weighted by Gasteiger charge is -2.34. The van der Waals surface area contributed by atoms with Gasteiger partial charge in [-0.05, 0) is 37.4 Å². The van der Waals surface area contributed by atoms with Gasteiger partial charge in [-0.3, -0.25) is 4.98 Å². The molecule has 1 aliphatic rings. The van der Waals surface area contributed by atoms with Gasteiger partial charge in [0, 0.05) is 6.20 Å². The smallest absolute Gasteiger partial charge is 0.309 e. The van der Waals surface area contributed by atoms with Crippen LogP contribution in [0.4, 0.5) is 13.2 Å². The molecule has 0 amide bonds. The molecule has 2 rings (SSSR count). The van der Waals surface area contributed by atoms with Crippen LogP contribution in [-0.2, 0) is 6.18 Å². The Balaban J connectivity index is 2.15. The molecule has 1 aliphatic carbocycles. The van der Waals surface area contributed by atoms with Crippen LogP contribution in [0, 0.1) is 5.92 Å². The lowest BCUT2D eigenvalue weighted by Crippen LogP contribution is -2.32. The van der Waals surface area contributed by atoms with Crippen molar-refractivity contribution < 1.29 is 13.2 Å². The van der Waals surface area contributed by atoms with Gasteiger partial charge in [-0.1, -0.05) is 13.3 Å². The molecule has 1 fully saturated rings. The van der Waals surface area contributed by atoms with E-state index in [-0.39, 0.29) is 6.04 Å². The zero-order valence-corrected chi connectivity index (χ0v) is 10.3. The second-order valence-corrected chi connectivity index (χ2v) is 4.70. The number of nitrogens with one attached hydrogen (secondary N) is 1. The summed E-state index contributed by atoms with van der Waals surface area (Å²) in [6, 6.07) is 2.70. The maximum Gasteiger partial charge on any atom is 0.417 e. The van der Waals surface area contributed by atoms with Gasteiger partial charge in [-0.15, -0.1) is 0 Å². The Morgan fingerprint density at radius 2 is 2.11 bits per heavy atom. The molecule has 1 aromatic rings. The van der Waals surface area contributed by atoms with Crippen molar-refractivity contribution in [3.63, 3.8) is 0 Å². The van der Waals surface area contributed by atoms with Gasteiger partial charge >= 0.3 is 6.18 Å². The number of hydrogen-bond donors (Lipinski definition) is 1. The van der Waals surface area contributed by atoms with E-state index in [4.69, 9.17) is 0 Å². The Hall–Kier alpha value is -1.10. The summed E-state index contributed by atoms with van der Waals surface area (Å²) in [6.07, 6.45) is 0.0714. The average Bonchev–Trinajstić information content (AvgIpc) is 2.25.